The molecule has 2 heteroatoms. The molecule has 0 spiro atoms. The zero-order valence-corrected chi connectivity index (χ0v) is 9.60. The highest BCUT2D eigenvalue weighted by atomic mass is 35.5. The standard InChI is InChI=1S/C12H17N.ClH/c1-4-12(2,3)13-10-11-8-6-5-7-9-11;/h4-9,13H,1,10H2,2-3H3;1H. The van der Waals surface area contributed by atoms with E-state index in [1.54, 1.807) is 0 Å². The highest BCUT2D eigenvalue weighted by molar-refractivity contribution is 5.85. The van der Waals surface area contributed by atoms with Crippen molar-refractivity contribution in [2.45, 2.75) is 25.9 Å². The van der Waals surface area contributed by atoms with E-state index in [9.17, 15) is 0 Å². The zero-order chi connectivity index (χ0) is 9.73. The zero-order valence-electron chi connectivity index (χ0n) is 8.79. The summed E-state index contributed by atoms with van der Waals surface area (Å²) < 4.78 is 0. The van der Waals surface area contributed by atoms with Crippen LogP contribution in [0.4, 0.5) is 0 Å². The molecule has 1 aromatic rings. The Morgan fingerprint density at radius 2 is 1.86 bits per heavy atom. The highest BCUT2D eigenvalue weighted by Gasteiger charge is 2.10. The predicted molar refractivity (Wildman–Crippen MR) is 64.8 cm³/mol. The predicted octanol–water partition coefficient (Wildman–Crippen LogP) is 3.16. The average Bonchev–Trinajstić information content (AvgIpc) is 2.17. The van der Waals surface area contributed by atoms with Gasteiger partial charge in [-0.3, -0.25) is 0 Å². The number of halogens is 1. The lowest BCUT2D eigenvalue weighted by Gasteiger charge is -2.21. The summed E-state index contributed by atoms with van der Waals surface area (Å²) in [6.45, 7) is 8.90. The van der Waals surface area contributed by atoms with Gasteiger partial charge in [0.1, 0.15) is 0 Å². The Balaban J connectivity index is 0.00000169. The lowest BCUT2D eigenvalue weighted by atomic mass is 10.1. The van der Waals surface area contributed by atoms with E-state index in [-0.39, 0.29) is 17.9 Å². The van der Waals surface area contributed by atoms with Gasteiger partial charge >= 0.3 is 0 Å². The molecule has 14 heavy (non-hydrogen) atoms. The van der Waals surface area contributed by atoms with Crippen molar-refractivity contribution in [2.75, 3.05) is 0 Å². The summed E-state index contributed by atoms with van der Waals surface area (Å²) in [5.41, 5.74) is 1.31. The molecule has 0 aromatic heterocycles. The van der Waals surface area contributed by atoms with Gasteiger partial charge in [0.25, 0.3) is 0 Å². The Labute approximate surface area is 92.6 Å². The average molecular weight is 212 g/mol. The van der Waals surface area contributed by atoms with E-state index in [0.717, 1.165) is 6.54 Å². The van der Waals surface area contributed by atoms with Crippen LogP contribution >= 0.6 is 12.4 Å². The van der Waals surface area contributed by atoms with Crippen molar-refractivity contribution in [3.8, 4) is 0 Å². The molecule has 0 bridgehead atoms. The Hall–Kier alpha value is -0.790. The summed E-state index contributed by atoms with van der Waals surface area (Å²) in [6, 6.07) is 10.4. The molecule has 0 aliphatic carbocycles. The summed E-state index contributed by atoms with van der Waals surface area (Å²) >= 11 is 0. The van der Waals surface area contributed by atoms with Gasteiger partial charge < -0.3 is 5.32 Å². The molecule has 1 rings (SSSR count). The van der Waals surface area contributed by atoms with E-state index in [0.29, 0.717) is 0 Å². The number of rotatable bonds is 4. The van der Waals surface area contributed by atoms with Gasteiger partial charge in [-0.1, -0.05) is 36.4 Å². The quantitative estimate of drug-likeness (QED) is 0.755. The van der Waals surface area contributed by atoms with Gasteiger partial charge in [0.05, 0.1) is 0 Å². The van der Waals surface area contributed by atoms with Crippen LogP contribution in [0.3, 0.4) is 0 Å². The molecule has 0 amide bonds. The molecular weight excluding hydrogens is 194 g/mol. The topological polar surface area (TPSA) is 12.0 Å². The maximum Gasteiger partial charge on any atom is 0.0307 e. The largest absolute Gasteiger partial charge is 0.304 e. The summed E-state index contributed by atoms with van der Waals surface area (Å²) in [7, 11) is 0. The number of nitrogens with one attached hydrogen (secondary N) is 1. The van der Waals surface area contributed by atoms with Gasteiger partial charge in [0.15, 0.2) is 0 Å². The minimum absolute atomic E-state index is 0. The smallest absolute Gasteiger partial charge is 0.0307 e. The molecule has 0 atom stereocenters. The molecule has 0 saturated carbocycles. The van der Waals surface area contributed by atoms with Crippen molar-refractivity contribution in [3.05, 3.63) is 48.6 Å². The van der Waals surface area contributed by atoms with Gasteiger partial charge in [0, 0.05) is 12.1 Å². The molecular formula is C12H18ClN. The number of hydrogen-bond acceptors (Lipinski definition) is 1. The normalized spacial score (nSPS) is 10.4. The molecule has 1 N–H and O–H groups in total. The fourth-order valence-corrected chi connectivity index (χ4v) is 0.998. The van der Waals surface area contributed by atoms with Gasteiger partial charge in [-0.2, -0.15) is 0 Å². The minimum Gasteiger partial charge on any atom is -0.304 e. The minimum atomic E-state index is 0. The van der Waals surface area contributed by atoms with Crippen LogP contribution < -0.4 is 5.32 Å². The first kappa shape index (κ1) is 13.2. The molecule has 78 valence electrons. The summed E-state index contributed by atoms with van der Waals surface area (Å²) in [6.07, 6.45) is 1.93. The van der Waals surface area contributed by atoms with Crippen LogP contribution in [0.2, 0.25) is 0 Å². The highest BCUT2D eigenvalue weighted by Crippen LogP contribution is 2.05. The van der Waals surface area contributed by atoms with E-state index in [1.165, 1.54) is 5.56 Å². The summed E-state index contributed by atoms with van der Waals surface area (Å²) in [5, 5.41) is 3.41. The lowest BCUT2D eigenvalue weighted by molar-refractivity contribution is 0.475. The van der Waals surface area contributed by atoms with E-state index in [1.807, 2.05) is 12.1 Å². The fourth-order valence-electron chi connectivity index (χ4n) is 0.998. The monoisotopic (exact) mass is 211 g/mol. The second kappa shape index (κ2) is 5.84. The maximum absolute atomic E-state index is 3.78. The van der Waals surface area contributed by atoms with E-state index in [2.05, 4.69) is 50.0 Å². The Morgan fingerprint density at radius 1 is 1.29 bits per heavy atom. The fraction of sp³-hybridized carbons (Fsp3) is 0.333. The van der Waals surface area contributed by atoms with Crippen molar-refractivity contribution in [2.24, 2.45) is 0 Å². The molecule has 0 saturated heterocycles. The Morgan fingerprint density at radius 3 is 2.36 bits per heavy atom. The molecule has 1 nitrogen and oxygen atoms in total. The van der Waals surface area contributed by atoms with Gasteiger partial charge in [-0.25, -0.2) is 0 Å². The van der Waals surface area contributed by atoms with Crippen LogP contribution in [0.1, 0.15) is 19.4 Å². The number of benzene rings is 1. The SMILES string of the molecule is C=CC(C)(C)NCc1ccccc1.Cl. The first-order valence-electron chi connectivity index (χ1n) is 4.56. The third kappa shape index (κ3) is 4.45. The second-order valence-corrected chi connectivity index (χ2v) is 3.76. The van der Waals surface area contributed by atoms with E-state index < -0.39 is 0 Å². The van der Waals surface area contributed by atoms with Crippen LogP contribution in [0.25, 0.3) is 0 Å². The van der Waals surface area contributed by atoms with Gasteiger partial charge in [-0.15, -0.1) is 19.0 Å². The Bertz CT molecular complexity index is 267. The third-order valence-corrected chi connectivity index (χ3v) is 2.10. The van der Waals surface area contributed by atoms with Crippen LogP contribution in [-0.2, 0) is 6.54 Å². The molecule has 0 radical (unpaired) electrons. The van der Waals surface area contributed by atoms with Crippen LogP contribution in [-0.4, -0.2) is 5.54 Å². The van der Waals surface area contributed by atoms with Crippen molar-refractivity contribution in [1.82, 2.24) is 5.32 Å². The van der Waals surface area contributed by atoms with Crippen molar-refractivity contribution < 1.29 is 0 Å². The lowest BCUT2D eigenvalue weighted by Crippen LogP contribution is -2.36. The van der Waals surface area contributed by atoms with Crippen LogP contribution in [0, 0.1) is 0 Å². The summed E-state index contributed by atoms with van der Waals surface area (Å²) in [5.74, 6) is 0. The molecule has 0 fully saturated rings. The van der Waals surface area contributed by atoms with Crippen LogP contribution in [0.15, 0.2) is 43.0 Å². The summed E-state index contributed by atoms with van der Waals surface area (Å²) in [4.78, 5) is 0. The second-order valence-electron chi connectivity index (χ2n) is 3.76. The molecule has 0 heterocycles. The number of hydrogen-bond donors (Lipinski definition) is 1. The van der Waals surface area contributed by atoms with Gasteiger partial charge in [0.2, 0.25) is 0 Å². The molecule has 0 aliphatic rings. The molecule has 1 aromatic carbocycles. The first-order valence-corrected chi connectivity index (χ1v) is 4.56. The van der Waals surface area contributed by atoms with Gasteiger partial charge in [-0.05, 0) is 19.4 Å². The van der Waals surface area contributed by atoms with Crippen molar-refractivity contribution in [1.29, 1.82) is 0 Å². The van der Waals surface area contributed by atoms with Crippen molar-refractivity contribution >= 4 is 12.4 Å². The van der Waals surface area contributed by atoms with E-state index in [4.69, 9.17) is 0 Å². The first-order chi connectivity index (χ1) is 6.14. The molecule has 0 aliphatic heterocycles. The third-order valence-electron chi connectivity index (χ3n) is 2.10. The van der Waals surface area contributed by atoms with E-state index >= 15 is 0 Å². The molecule has 0 unspecified atom stereocenters. The van der Waals surface area contributed by atoms with Crippen molar-refractivity contribution in [3.63, 3.8) is 0 Å². The Kier molecular flexibility index (Phi) is 5.51. The maximum atomic E-state index is 3.78. The van der Waals surface area contributed by atoms with Crippen LogP contribution in [0.5, 0.6) is 0 Å².